The molecule has 0 aliphatic carbocycles. The maximum absolute atomic E-state index is 5.40. The molecule has 2 N–H and O–H groups in total. The average Bonchev–Trinajstić information content (AvgIpc) is 2.96. The van der Waals surface area contributed by atoms with Crippen LogP contribution in [0.25, 0.3) is 0 Å². The number of aromatic nitrogens is 4. The standard InChI is InChI=1S/C14H21N5O2S.ClH/c1-19-14(16-17-18-19)22-8-4-7-15-10-11-5-6-12(20-2)9-13(11)21-3;/h5-6,9,15H,4,7-8,10H2,1-3H3;1H. The Morgan fingerprint density at radius 2 is 2.09 bits per heavy atom. The van der Waals surface area contributed by atoms with E-state index in [9.17, 15) is 0 Å². The van der Waals surface area contributed by atoms with Gasteiger partial charge in [0.25, 0.3) is 0 Å². The zero-order valence-electron chi connectivity index (χ0n) is 13.5. The lowest BCUT2D eigenvalue weighted by molar-refractivity contribution is -0.670. The largest absolute Gasteiger partial charge is 1.00 e. The predicted molar refractivity (Wildman–Crippen MR) is 84.2 cm³/mol. The lowest BCUT2D eigenvalue weighted by Crippen LogP contribution is -3.00. The molecule has 0 saturated carbocycles. The number of nitrogens with zero attached hydrogens (tertiary/aromatic N) is 4. The normalized spacial score (nSPS) is 10.2. The lowest BCUT2D eigenvalue weighted by Gasteiger charge is -2.09. The van der Waals surface area contributed by atoms with Crippen LogP contribution in [0.4, 0.5) is 0 Å². The molecule has 0 fully saturated rings. The first-order valence-corrected chi connectivity index (χ1v) is 8.11. The van der Waals surface area contributed by atoms with Crippen LogP contribution >= 0.6 is 11.8 Å². The molecule has 0 radical (unpaired) electrons. The van der Waals surface area contributed by atoms with Gasteiger partial charge >= 0.3 is 0 Å². The van der Waals surface area contributed by atoms with Crippen molar-refractivity contribution in [3.05, 3.63) is 23.8 Å². The number of quaternary nitrogens is 1. The number of methoxy groups -OCH3 is 2. The Labute approximate surface area is 146 Å². The van der Waals surface area contributed by atoms with E-state index in [0.717, 1.165) is 41.9 Å². The Morgan fingerprint density at radius 1 is 1.26 bits per heavy atom. The molecule has 7 nitrogen and oxygen atoms in total. The smallest absolute Gasteiger partial charge is 0.209 e. The molecule has 0 saturated heterocycles. The molecule has 9 heteroatoms. The van der Waals surface area contributed by atoms with Crippen molar-refractivity contribution in [2.45, 2.75) is 18.1 Å². The van der Waals surface area contributed by atoms with E-state index in [4.69, 9.17) is 9.47 Å². The summed E-state index contributed by atoms with van der Waals surface area (Å²) in [6.45, 7) is 1.94. The zero-order valence-corrected chi connectivity index (χ0v) is 15.1. The van der Waals surface area contributed by atoms with Gasteiger partial charge in [0.2, 0.25) is 5.16 Å². The van der Waals surface area contributed by atoms with Crippen molar-refractivity contribution in [3.8, 4) is 11.5 Å². The first-order chi connectivity index (χ1) is 10.7. The summed E-state index contributed by atoms with van der Waals surface area (Å²) >= 11 is 1.68. The number of rotatable bonds is 9. The van der Waals surface area contributed by atoms with E-state index >= 15 is 0 Å². The van der Waals surface area contributed by atoms with Crippen molar-refractivity contribution in [1.29, 1.82) is 0 Å². The van der Waals surface area contributed by atoms with Crippen molar-refractivity contribution >= 4 is 11.8 Å². The molecule has 0 amide bonds. The maximum Gasteiger partial charge on any atom is 0.209 e. The molecule has 0 atom stereocenters. The van der Waals surface area contributed by atoms with Crippen molar-refractivity contribution in [2.24, 2.45) is 7.05 Å². The van der Waals surface area contributed by atoms with Crippen LogP contribution in [0.2, 0.25) is 0 Å². The van der Waals surface area contributed by atoms with Crippen LogP contribution in [0, 0.1) is 0 Å². The van der Waals surface area contributed by atoms with Gasteiger partial charge in [0.1, 0.15) is 18.0 Å². The molecule has 0 aliphatic heterocycles. The minimum absolute atomic E-state index is 0. The average molecular weight is 360 g/mol. The van der Waals surface area contributed by atoms with Crippen LogP contribution in [0.15, 0.2) is 23.4 Å². The Morgan fingerprint density at radius 3 is 2.74 bits per heavy atom. The van der Waals surface area contributed by atoms with Crippen LogP contribution in [-0.2, 0) is 13.6 Å². The number of tetrazole rings is 1. The fraction of sp³-hybridized carbons (Fsp3) is 0.500. The van der Waals surface area contributed by atoms with E-state index in [2.05, 4.69) is 20.8 Å². The second-order valence-electron chi connectivity index (χ2n) is 4.75. The lowest BCUT2D eigenvalue weighted by atomic mass is 10.2. The zero-order chi connectivity index (χ0) is 15.8. The van der Waals surface area contributed by atoms with Gasteiger partial charge in [0, 0.05) is 30.9 Å². The summed E-state index contributed by atoms with van der Waals surface area (Å²) in [6, 6.07) is 5.93. The van der Waals surface area contributed by atoms with E-state index in [1.54, 1.807) is 30.7 Å². The Bertz CT molecular complexity index is 596. The van der Waals surface area contributed by atoms with Gasteiger partial charge in [0.15, 0.2) is 0 Å². The highest BCUT2D eigenvalue weighted by Crippen LogP contribution is 2.23. The summed E-state index contributed by atoms with van der Waals surface area (Å²) in [4.78, 5) is 0. The highest BCUT2D eigenvalue weighted by Gasteiger charge is 2.07. The van der Waals surface area contributed by atoms with Gasteiger partial charge < -0.3 is 27.2 Å². The fourth-order valence-corrected chi connectivity index (χ4v) is 2.82. The minimum atomic E-state index is 0. The van der Waals surface area contributed by atoms with Crippen molar-refractivity contribution < 1.29 is 27.2 Å². The van der Waals surface area contributed by atoms with Crippen LogP contribution in [0.3, 0.4) is 0 Å². The first kappa shape index (κ1) is 19.5. The fourth-order valence-electron chi connectivity index (χ4n) is 2.01. The summed E-state index contributed by atoms with van der Waals surface area (Å²) in [7, 11) is 5.19. The SMILES string of the molecule is COc1ccc(C[NH2+]CCCSc2nnnn2C)c(OC)c1.[Cl-]. The van der Waals surface area contributed by atoms with E-state index in [-0.39, 0.29) is 12.4 Å². The van der Waals surface area contributed by atoms with Gasteiger partial charge in [-0.3, -0.25) is 0 Å². The van der Waals surface area contributed by atoms with Gasteiger partial charge in [-0.1, -0.05) is 11.8 Å². The summed E-state index contributed by atoms with van der Waals surface area (Å²) in [5.74, 6) is 2.69. The number of thioether (sulfide) groups is 1. The molecular formula is C14H22ClN5O2S. The molecule has 1 aromatic heterocycles. The molecule has 2 rings (SSSR count). The topological polar surface area (TPSA) is 78.7 Å². The summed E-state index contributed by atoms with van der Waals surface area (Å²) < 4.78 is 12.3. The monoisotopic (exact) mass is 359 g/mol. The summed E-state index contributed by atoms with van der Waals surface area (Å²) in [5.41, 5.74) is 1.17. The third-order valence-electron chi connectivity index (χ3n) is 3.22. The van der Waals surface area contributed by atoms with Crippen LogP contribution < -0.4 is 27.2 Å². The number of halogens is 1. The third-order valence-corrected chi connectivity index (χ3v) is 4.32. The van der Waals surface area contributed by atoms with Gasteiger partial charge in [-0.15, -0.1) is 5.10 Å². The quantitative estimate of drug-likeness (QED) is 0.393. The van der Waals surface area contributed by atoms with Gasteiger partial charge in [0.05, 0.1) is 20.8 Å². The van der Waals surface area contributed by atoms with E-state index in [1.807, 2.05) is 25.2 Å². The van der Waals surface area contributed by atoms with Gasteiger partial charge in [-0.25, -0.2) is 4.68 Å². The number of ether oxygens (including phenoxy) is 2. The molecule has 1 aromatic carbocycles. The number of nitrogens with two attached hydrogens (primary N) is 1. The molecular weight excluding hydrogens is 338 g/mol. The van der Waals surface area contributed by atoms with Crippen molar-refractivity contribution in [3.63, 3.8) is 0 Å². The van der Waals surface area contributed by atoms with Crippen LogP contribution in [-0.4, -0.2) is 46.7 Å². The highest BCUT2D eigenvalue weighted by atomic mass is 35.5. The first-order valence-electron chi connectivity index (χ1n) is 7.12. The number of aryl methyl sites for hydroxylation is 1. The molecule has 0 spiro atoms. The molecule has 23 heavy (non-hydrogen) atoms. The molecule has 0 unspecified atom stereocenters. The highest BCUT2D eigenvalue weighted by molar-refractivity contribution is 7.99. The Kier molecular flexibility index (Phi) is 8.75. The number of benzene rings is 1. The second-order valence-corrected chi connectivity index (χ2v) is 5.81. The molecule has 1 heterocycles. The Hall–Kier alpha value is -1.51. The van der Waals surface area contributed by atoms with Crippen LogP contribution in [0.5, 0.6) is 11.5 Å². The second kappa shape index (κ2) is 10.3. The van der Waals surface area contributed by atoms with E-state index < -0.39 is 0 Å². The summed E-state index contributed by atoms with van der Waals surface area (Å²) in [6.07, 6.45) is 1.09. The molecule has 0 bridgehead atoms. The minimum Gasteiger partial charge on any atom is -1.00 e. The maximum atomic E-state index is 5.40. The van der Waals surface area contributed by atoms with Gasteiger partial charge in [-0.05, 0) is 22.6 Å². The molecule has 2 aromatic rings. The van der Waals surface area contributed by atoms with Crippen molar-refractivity contribution in [1.82, 2.24) is 20.2 Å². The summed E-state index contributed by atoms with van der Waals surface area (Å²) in [5, 5.41) is 14.5. The number of hydrogen-bond acceptors (Lipinski definition) is 6. The number of hydrogen-bond donors (Lipinski definition) is 1. The molecule has 0 aliphatic rings. The Balaban J connectivity index is 0.00000264. The van der Waals surface area contributed by atoms with E-state index in [0.29, 0.717) is 0 Å². The predicted octanol–water partition coefficient (Wildman–Crippen LogP) is -2.52. The van der Waals surface area contributed by atoms with Crippen molar-refractivity contribution in [2.75, 3.05) is 26.5 Å². The van der Waals surface area contributed by atoms with Crippen LogP contribution in [0.1, 0.15) is 12.0 Å². The van der Waals surface area contributed by atoms with E-state index in [1.165, 1.54) is 5.56 Å². The third kappa shape index (κ3) is 5.89. The molecule has 128 valence electrons. The van der Waals surface area contributed by atoms with Gasteiger partial charge in [-0.2, -0.15) is 0 Å².